The van der Waals surface area contributed by atoms with Crippen LogP contribution in [0.4, 0.5) is 0 Å². The maximum atomic E-state index is 12.3. The largest absolute Gasteiger partial charge is 0.497 e. The fourth-order valence-corrected chi connectivity index (χ4v) is 2.95. The molecule has 0 fully saturated rings. The summed E-state index contributed by atoms with van der Waals surface area (Å²) in [5.41, 5.74) is 0.922. The van der Waals surface area contributed by atoms with Crippen LogP contribution in [0.3, 0.4) is 0 Å². The number of rotatable bonds is 7. The molecule has 3 aromatic rings. The average molecular weight is 365 g/mol. The summed E-state index contributed by atoms with van der Waals surface area (Å²) < 4.78 is 16.3. The second-order valence-corrected chi connectivity index (χ2v) is 6.19. The molecule has 0 saturated heterocycles. The molecule has 3 aromatic carbocycles. The fourth-order valence-electron chi connectivity index (χ4n) is 2.95. The van der Waals surface area contributed by atoms with Crippen molar-refractivity contribution in [3.05, 3.63) is 66.2 Å². The Hall–Kier alpha value is -3.21. The van der Waals surface area contributed by atoms with Crippen molar-refractivity contribution in [3.8, 4) is 17.2 Å². The van der Waals surface area contributed by atoms with Crippen LogP contribution in [0.5, 0.6) is 17.2 Å². The van der Waals surface area contributed by atoms with E-state index in [1.807, 2.05) is 67.6 Å². The maximum Gasteiger partial charge on any atom is 0.258 e. The van der Waals surface area contributed by atoms with Gasteiger partial charge >= 0.3 is 0 Å². The molecule has 1 unspecified atom stereocenters. The van der Waals surface area contributed by atoms with Crippen molar-refractivity contribution in [2.24, 2.45) is 0 Å². The van der Waals surface area contributed by atoms with Gasteiger partial charge in [-0.25, -0.2) is 0 Å². The van der Waals surface area contributed by atoms with Gasteiger partial charge in [-0.2, -0.15) is 0 Å². The molecule has 0 heterocycles. The van der Waals surface area contributed by atoms with Crippen LogP contribution in [0.15, 0.2) is 60.7 Å². The Morgan fingerprint density at radius 3 is 2.37 bits per heavy atom. The van der Waals surface area contributed by atoms with Crippen LogP contribution in [-0.2, 0) is 4.79 Å². The Kier molecular flexibility index (Phi) is 5.81. The number of hydrogen-bond acceptors (Lipinski definition) is 4. The third kappa shape index (κ3) is 4.50. The Morgan fingerprint density at radius 1 is 0.926 bits per heavy atom. The summed E-state index contributed by atoms with van der Waals surface area (Å²) >= 11 is 0. The molecule has 27 heavy (non-hydrogen) atoms. The molecule has 0 aromatic heterocycles. The zero-order valence-electron chi connectivity index (χ0n) is 15.7. The Labute approximate surface area is 158 Å². The lowest BCUT2D eigenvalue weighted by molar-refractivity contribution is -0.123. The summed E-state index contributed by atoms with van der Waals surface area (Å²) in [6, 6.07) is 19.0. The number of benzene rings is 3. The Morgan fingerprint density at radius 2 is 1.63 bits per heavy atom. The van der Waals surface area contributed by atoms with Gasteiger partial charge in [0.15, 0.2) is 6.61 Å². The van der Waals surface area contributed by atoms with Gasteiger partial charge in [-0.3, -0.25) is 4.79 Å². The molecule has 1 amide bonds. The van der Waals surface area contributed by atoms with Crippen LogP contribution >= 0.6 is 0 Å². The zero-order chi connectivity index (χ0) is 19.2. The number of carbonyl (C=O) groups excluding carboxylic acids is 1. The molecule has 3 rings (SSSR count). The van der Waals surface area contributed by atoms with Gasteiger partial charge in [0.1, 0.15) is 17.2 Å². The molecule has 0 radical (unpaired) electrons. The van der Waals surface area contributed by atoms with Gasteiger partial charge < -0.3 is 19.5 Å². The SMILES string of the molecule is COc1ccc2ccc(OCC(=O)NC(C)c3ccccc3OC)cc2c1. The predicted molar refractivity (Wildman–Crippen MR) is 106 cm³/mol. The molecule has 0 spiro atoms. The normalized spacial score (nSPS) is 11.7. The quantitative estimate of drug-likeness (QED) is 0.684. The second-order valence-electron chi connectivity index (χ2n) is 6.19. The van der Waals surface area contributed by atoms with Gasteiger partial charge in [0, 0.05) is 5.56 Å². The number of nitrogens with one attached hydrogen (secondary N) is 1. The van der Waals surface area contributed by atoms with E-state index in [-0.39, 0.29) is 18.6 Å². The van der Waals surface area contributed by atoms with Crippen molar-refractivity contribution in [1.29, 1.82) is 0 Å². The van der Waals surface area contributed by atoms with E-state index in [0.717, 1.165) is 27.8 Å². The standard InChI is InChI=1S/C22H23NO4/c1-15(20-6-4-5-7-21(20)26-3)23-22(24)14-27-19-11-9-16-8-10-18(25-2)12-17(16)13-19/h4-13,15H,14H2,1-3H3,(H,23,24). The molecule has 0 aliphatic rings. The number of fused-ring (bicyclic) bond motifs is 1. The highest BCUT2D eigenvalue weighted by molar-refractivity contribution is 5.85. The highest BCUT2D eigenvalue weighted by Gasteiger charge is 2.14. The third-order valence-electron chi connectivity index (χ3n) is 4.37. The minimum absolute atomic E-state index is 0.0606. The van der Waals surface area contributed by atoms with Crippen molar-refractivity contribution in [2.45, 2.75) is 13.0 Å². The van der Waals surface area contributed by atoms with E-state index in [1.165, 1.54) is 0 Å². The van der Waals surface area contributed by atoms with Crippen LogP contribution < -0.4 is 19.5 Å². The summed E-state index contributed by atoms with van der Waals surface area (Å²) in [7, 11) is 3.25. The summed E-state index contributed by atoms with van der Waals surface area (Å²) in [5.74, 6) is 1.97. The summed E-state index contributed by atoms with van der Waals surface area (Å²) in [6.07, 6.45) is 0. The zero-order valence-corrected chi connectivity index (χ0v) is 15.7. The molecule has 5 heteroatoms. The van der Waals surface area contributed by atoms with E-state index in [4.69, 9.17) is 14.2 Å². The predicted octanol–water partition coefficient (Wildman–Crippen LogP) is 4.11. The Bertz CT molecular complexity index is 938. The van der Waals surface area contributed by atoms with Gasteiger partial charge in [0.2, 0.25) is 0 Å². The summed E-state index contributed by atoms with van der Waals surface area (Å²) in [6.45, 7) is 1.85. The number of para-hydroxylation sites is 1. The summed E-state index contributed by atoms with van der Waals surface area (Å²) in [4.78, 5) is 12.3. The van der Waals surface area contributed by atoms with E-state index < -0.39 is 0 Å². The summed E-state index contributed by atoms with van der Waals surface area (Å²) in [5, 5.41) is 5.01. The van der Waals surface area contributed by atoms with Gasteiger partial charge in [0.05, 0.1) is 20.3 Å². The highest BCUT2D eigenvalue weighted by Crippen LogP contribution is 2.26. The van der Waals surface area contributed by atoms with Crippen LogP contribution in [0.2, 0.25) is 0 Å². The van der Waals surface area contributed by atoms with E-state index in [1.54, 1.807) is 14.2 Å². The fraction of sp³-hybridized carbons (Fsp3) is 0.227. The van der Waals surface area contributed by atoms with Crippen molar-refractivity contribution < 1.29 is 19.0 Å². The van der Waals surface area contributed by atoms with Crippen molar-refractivity contribution in [1.82, 2.24) is 5.32 Å². The molecule has 0 aliphatic heterocycles. The lowest BCUT2D eigenvalue weighted by atomic mass is 10.1. The van der Waals surface area contributed by atoms with E-state index in [2.05, 4.69) is 5.32 Å². The van der Waals surface area contributed by atoms with E-state index in [9.17, 15) is 4.79 Å². The Balaban J connectivity index is 1.62. The lowest BCUT2D eigenvalue weighted by Gasteiger charge is -2.17. The van der Waals surface area contributed by atoms with Crippen LogP contribution in [0.25, 0.3) is 10.8 Å². The van der Waals surface area contributed by atoms with Crippen LogP contribution in [0, 0.1) is 0 Å². The number of methoxy groups -OCH3 is 2. The van der Waals surface area contributed by atoms with Gasteiger partial charge in [-0.15, -0.1) is 0 Å². The monoisotopic (exact) mass is 365 g/mol. The maximum absolute atomic E-state index is 12.3. The smallest absolute Gasteiger partial charge is 0.258 e. The molecular formula is C22H23NO4. The molecule has 0 bridgehead atoms. The number of hydrogen-bond donors (Lipinski definition) is 1. The molecule has 1 atom stereocenters. The van der Waals surface area contributed by atoms with Crippen molar-refractivity contribution in [2.75, 3.05) is 20.8 Å². The first-order chi connectivity index (χ1) is 13.1. The van der Waals surface area contributed by atoms with Gasteiger partial charge in [-0.1, -0.05) is 30.3 Å². The van der Waals surface area contributed by atoms with Gasteiger partial charge in [-0.05, 0) is 48.0 Å². The molecule has 1 N–H and O–H groups in total. The molecular weight excluding hydrogens is 342 g/mol. The van der Waals surface area contributed by atoms with Crippen molar-refractivity contribution in [3.63, 3.8) is 0 Å². The van der Waals surface area contributed by atoms with Crippen molar-refractivity contribution >= 4 is 16.7 Å². The lowest BCUT2D eigenvalue weighted by Crippen LogP contribution is -2.31. The van der Waals surface area contributed by atoms with E-state index >= 15 is 0 Å². The molecule has 140 valence electrons. The molecule has 0 saturated carbocycles. The minimum Gasteiger partial charge on any atom is -0.497 e. The average Bonchev–Trinajstić information content (AvgIpc) is 2.71. The first-order valence-electron chi connectivity index (χ1n) is 8.73. The number of amides is 1. The minimum atomic E-state index is -0.195. The van der Waals surface area contributed by atoms with Gasteiger partial charge in [0.25, 0.3) is 5.91 Å². The number of ether oxygens (including phenoxy) is 3. The number of carbonyl (C=O) groups is 1. The first-order valence-corrected chi connectivity index (χ1v) is 8.73. The molecule has 5 nitrogen and oxygen atoms in total. The van der Waals surface area contributed by atoms with Crippen LogP contribution in [-0.4, -0.2) is 26.7 Å². The first kappa shape index (κ1) is 18.6. The topological polar surface area (TPSA) is 56.8 Å². The molecule has 0 aliphatic carbocycles. The third-order valence-corrected chi connectivity index (χ3v) is 4.37. The van der Waals surface area contributed by atoms with E-state index in [0.29, 0.717) is 5.75 Å². The second kappa shape index (κ2) is 8.45. The highest BCUT2D eigenvalue weighted by atomic mass is 16.5. The van der Waals surface area contributed by atoms with Crippen LogP contribution in [0.1, 0.15) is 18.5 Å².